The molecule has 2 aromatic rings. The standard InChI is InChI=1S/C17H21N3O/c1-2-12-11-20(10-8-15(12)18)17(21)14-7-9-19-16-6-4-3-5-13(14)16/h3-7,9,12,15H,2,8,10-11,18H2,1H3. The topological polar surface area (TPSA) is 59.2 Å². The Kier molecular flexibility index (Phi) is 3.88. The van der Waals surface area contributed by atoms with Crippen molar-refractivity contribution in [1.82, 2.24) is 9.88 Å². The number of pyridine rings is 1. The lowest BCUT2D eigenvalue weighted by Gasteiger charge is -2.36. The van der Waals surface area contributed by atoms with Crippen molar-refractivity contribution in [3.8, 4) is 0 Å². The van der Waals surface area contributed by atoms with Crippen LogP contribution in [0.4, 0.5) is 0 Å². The van der Waals surface area contributed by atoms with Gasteiger partial charge in [-0.1, -0.05) is 31.5 Å². The van der Waals surface area contributed by atoms with Crippen LogP contribution in [0.5, 0.6) is 0 Å². The van der Waals surface area contributed by atoms with Crippen LogP contribution in [-0.4, -0.2) is 34.9 Å². The van der Waals surface area contributed by atoms with Crippen molar-refractivity contribution in [2.75, 3.05) is 13.1 Å². The van der Waals surface area contributed by atoms with Gasteiger partial charge in [0.1, 0.15) is 0 Å². The van der Waals surface area contributed by atoms with Gasteiger partial charge in [0.05, 0.1) is 11.1 Å². The Morgan fingerprint density at radius 3 is 3.00 bits per heavy atom. The summed E-state index contributed by atoms with van der Waals surface area (Å²) in [5.41, 5.74) is 7.74. The highest BCUT2D eigenvalue weighted by molar-refractivity contribution is 6.06. The highest BCUT2D eigenvalue weighted by Crippen LogP contribution is 2.23. The fourth-order valence-electron chi connectivity index (χ4n) is 3.12. The minimum atomic E-state index is 0.0963. The molecule has 1 saturated heterocycles. The molecule has 4 heteroatoms. The third kappa shape index (κ3) is 2.63. The van der Waals surface area contributed by atoms with E-state index >= 15 is 0 Å². The molecule has 2 atom stereocenters. The second-order valence-corrected chi connectivity index (χ2v) is 5.75. The van der Waals surface area contributed by atoms with Gasteiger partial charge in [-0.2, -0.15) is 0 Å². The molecular formula is C17H21N3O. The number of carbonyl (C=O) groups excluding carboxylic acids is 1. The molecule has 0 spiro atoms. The number of fused-ring (bicyclic) bond motifs is 1. The molecule has 3 rings (SSSR count). The van der Waals surface area contributed by atoms with Crippen LogP contribution >= 0.6 is 0 Å². The van der Waals surface area contributed by atoms with Gasteiger partial charge in [0, 0.05) is 30.7 Å². The van der Waals surface area contributed by atoms with Gasteiger partial charge in [-0.15, -0.1) is 0 Å². The largest absolute Gasteiger partial charge is 0.338 e. The molecule has 0 saturated carbocycles. The van der Waals surface area contributed by atoms with Gasteiger partial charge in [0.2, 0.25) is 0 Å². The van der Waals surface area contributed by atoms with Crippen molar-refractivity contribution in [2.24, 2.45) is 11.7 Å². The molecular weight excluding hydrogens is 262 g/mol. The molecule has 4 nitrogen and oxygen atoms in total. The molecule has 21 heavy (non-hydrogen) atoms. The number of hydrogen-bond donors (Lipinski definition) is 1. The number of rotatable bonds is 2. The van der Waals surface area contributed by atoms with Crippen molar-refractivity contribution in [3.63, 3.8) is 0 Å². The summed E-state index contributed by atoms with van der Waals surface area (Å²) in [6, 6.07) is 9.82. The lowest BCUT2D eigenvalue weighted by atomic mass is 9.90. The van der Waals surface area contributed by atoms with E-state index in [1.807, 2.05) is 35.2 Å². The third-order valence-corrected chi connectivity index (χ3v) is 4.48. The van der Waals surface area contributed by atoms with Crippen LogP contribution in [0, 0.1) is 5.92 Å². The second kappa shape index (κ2) is 5.82. The number of benzene rings is 1. The molecule has 1 fully saturated rings. The van der Waals surface area contributed by atoms with Crippen LogP contribution in [0.2, 0.25) is 0 Å². The summed E-state index contributed by atoms with van der Waals surface area (Å²) in [4.78, 5) is 19.1. The smallest absolute Gasteiger partial charge is 0.254 e. The number of para-hydroxylation sites is 1. The van der Waals surface area contributed by atoms with Gasteiger partial charge in [-0.05, 0) is 24.5 Å². The fourth-order valence-corrected chi connectivity index (χ4v) is 3.12. The number of nitrogens with zero attached hydrogens (tertiary/aromatic N) is 2. The number of carbonyl (C=O) groups is 1. The van der Waals surface area contributed by atoms with E-state index in [1.165, 1.54) is 0 Å². The average molecular weight is 283 g/mol. The van der Waals surface area contributed by atoms with Crippen LogP contribution < -0.4 is 5.73 Å². The molecule has 0 bridgehead atoms. The summed E-state index contributed by atoms with van der Waals surface area (Å²) in [5.74, 6) is 0.495. The summed E-state index contributed by atoms with van der Waals surface area (Å²) < 4.78 is 0. The highest BCUT2D eigenvalue weighted by atomic mass is 16.2. The third-order valence-electron chi connectivity index (χ3n) is 4.48. The lowest BCUT2D eigenvalue weighted by molar-refractivity contribution is 0.0651. The number of aromatic nitrogens is 1. The van der Waals surface area contributed by atoms with Crippen molar-refractivity contribution in [3.05, 3.63) is 42.1 Å². The Morgan fingerprint density at radius 1 is 1.38 bits per heavy atom. The monoisotopic (exact) mass is 283 g/mol. The van der Waals surface area contributed by atoms with Gasteiger partial charge in [0.25, 0.3) is 5.91 Å². The van der Waals surface area contributed by atoms with E-state index in [0.29, 0.717) is 5.92 Å². The summed E-state index contributed by atoms with van der Waals surface area (Å²) in [6.07, 6.45) is 3.61. The molecule has 1 aromatic heterocycles. The van der Waals surface area contributed by atoms with E-state index in [9.17, 15) is 4.79 Å². The minimum absolute atomic E-state index is 0.0963. The molecule has 1 aliphatic rings. The van der Waals surface area contributed by atoms with E-state index in [0.717, 1.165) is 42.4 Å². The van der Waals surface area contributed by atoms with Crippen LogP contribution in [0.25, 0.3) is 10.9 Å². The summed E-state index contributed by atoms with van der Waals surface area (Å²) in [7, 11) is 0. The molecule has 1 aliphatic heterocycles. The van der Waals surface area contributed by atoms with Crippen molar-refractivity contribution in [2.45, 2.75) is 25.8 Å². The molecule has 1 amide bonds. The fraction of sp³-hybridized carbons (Fsp3) is 0.412. The first kappa shape index (κ1) is 14.0. The molecule has 1 aromatic carbocycles. The maximum Gasteiger partial charge on any atom is 0.254 e. The number of nitrogens with two attached hydrogens (primary N) is 1. The Bertz CT molecular complexity index is 650. The van der Waals surface area contributed by atoms with Gasteiger partial charge < -0.3 is 10.6 Å². The average Bonchev–Trinajstić information content (AvgIpc) is 2.54. The predicted octanol–water partition coefficient (Wildman–Crippen LogP) is 2.43. The minimum Gasteiger partial charge on any atom is -0.338 e. The Labute approximate surface area is 125 Å². The first-order valence-electron chi connectivity index (χ1n) is 7.59. The molecule has 2 N–H and O–H groups in total. The van der Waals surface area contributed by atoms with Crippen LogP contribution in [0.1, 0.15) is 30.1 Å². The summed E-state index contributed by atoms with van der Waals surface area (Å²) in [5, 5.41) is 0.924. The molecule has 0 radical (unpaired) electrons. The first-order valence-corrected chi connectivity index (χ1v) is 7.59. The van der Waals surface area contributed by atoms with Gasteiger partial charge in [-0.25, -0.2) is 0 Å². The summed E-state index contributed by atoms with van der Waals surface area (Å²) in [6.45, 7) is 3.64. The van der Waals surface area contributed by atoms with E-state index < -0.39 is 0 Å². The van der Waals surface area contributed by atoms with Crippen molar-refractivity contribution >= 4 is 16.8 Å². The number of amides is 1. The maximum atomic E-state index is 12.8. The zero-order valence-corrected chi connectivity index (χ0v) is 12.3. The Morgan fingerprint density at radius 2 is 2.19 bits per heavy atom. The van der Waals surface area contributed by atoms with E-state index in [-0.39, 0.29) is 11.9 Å². The second-order valence-electron chi connectivity index (χ2n) is 5.75. The van der Waals surface area contributed by atoms with E-state index in [4.69, 9.17) is 5.73 Å². The molecule has 2 heterocycles. The van der Waals surface area contributed by atoms with E-state index in [1.54, 1.807) is 6.20 Å². The normalized spacial score (nSPS) is 22.5. The van der Waals surface area contributed by atoms with Crippen molar-refractivity contribution in [1.29, 1.82) is 0 Å². The van der Waals surface area contributed by atoms with Crippen LogP contribution in [0.3, 0.4) is 0 Å². The zero-order valence-electron chi connectivity index (χ0n) is 12.3. The SMILES string of the molecule is CCC1CN(C(=O)c2ccnc3ccccc23)CCC1N. The quantitative estimate of drug-likeness (QED) is 0.921. The highest BCUT2D eigenvalue weighted by Gasteiger charge is 2.29. The maximum absolute atomic E-state index is 12.8. The van der Waals surface area contributed by atoms with Gasteiger partial charge in [-0.3, -0.25) is 9.78 Å². The molecule has 110 valence electrons. The Balaban J connectivity index is 1.90. The number of likely N-dealkylation sites (tertiary alicyclic amines) is 1. The van der Waals surface area contributed by atoms with Gasteiger partial charge in [0.15, 0.2) is 0 Å². The molecule has 0 aliphatic carbocycles. The lowest BCUT2D eigenvalue weighted by Crippen LogP contribution is -2.49. The summed E-state index contributed by atoms with van der Waals surface area (Å²) >= 11 is 0. The predicted molar refractivity (Wildman–Crippen MR) is 84.0 cm³/mol. The van der Waals surface area contributed by atoms with Crippen LogP contribution in [-0.2, 0) is 0 Å². The number of hydrogen-bond acceptors (Lipinski definition) is 3. The molecule has 2 unspecified atom stereocenters. The zero-order chi connectivity index (χ0) is 14.8. The van der Waals surface area contributed by atoms with Gasteiger partial charge >= 0.3 is 0 Å². The Hall–Kier alpha value is -1.94. The number of piperidine rings is 1. The van der Waals surface area contributed by atoms with Crippen molar-refractivity contribution < 1.29 is 4.79 Å². The van der Waals surface area contributed by atoms with Crippen LogP contribution in [0.15, 0.2) is 36.5 Å². The van der Waals surface area contributed by atoms with E-state index in [2.05, 4.69) is 11.9 Å². The first-order chi connectivity index (χ1) is 10.2.